The summed E-state index contributed by atoms with van der Waals surface area (Å²) in [5, 5.41) is 7.85. The van der Waals surface area contributed by atoms with Crippen LogP contribution in [0.25, 0.3) is 11.2 Å². The van der Waals surface area contributed by atoms with Crippen LogP contribution in [0, 0.1) is 12.0 Å². The van der Waals surface area contributed by atoms with Crippen LogP contribution in [0.1, 0.15) is 30.4 Å². The van der Waals surface area contributed by atoms with E-state index in [4.69, 9.17) is 0 Å². The molecule has 155 valence electrons. The van der Waals surface area contributed by atoms with Crippen molar-refractivity contribution >= 4 is 11.9 Å². The Labute approximate surface area is 168 Å². The fourth-order valence-corrected chi connectivity index (χ4v) is 3.43. The molecule has 0 amide bonds. The molecule has 0 saturated heterocycles. The summed E-state index contributed by atoms with van der Waals surface area (Å²) >= 11 is 0. The first-order valence-electron chi connectivity index (χ1n) is 9.09. The van der Waals surface area contributed by atoms with E-state index in [1.807, 2.05) is 14.0 Å². The monoisotopic (exact) mass is 419 g/mol. The van der Waals surface area contributed by atoms with Crippen LogP contribution in [0.3, 0.4) is 0 Å². The molecule has 1 atom stereocenters. The Morgan fingerprint density at radius 2 is 2.00 bits per heavy atom. The second-order valence-corrected chi connectivity index (χ2v) is 7.13. The normalized spacial score (nSPS) is 15.7. The minimum absolute atomic E-state index is 0.0919. The lowest BCUT2D eigenvalue weighted by molar-refractivity contribution is -0.476. The van der Waals surface area contributed by atoms with Gasteiger partial charge in [-0.15, -0.1) is 0 Å². The summed E-state index contributed by atoms with van der Waals surface area (Å²) in [6.45, 7) is 1.91. The topological polar surface area (TPSA) is 54.1 Å². The first-order valence-corrected chi connectivity index (χ1v) is 9.09. The average Bonchev–Trinajstić information content (AvgIpc) is 3.24. The Kier molecular flexibility index (Phi) is 4.79. The number of alkyl halides is 3. The van der Waals surface area contributed by atoms with Crippen LogP contribution in [-0.2, 0) is 6.18 Å². The van der Waals surface area contributed by atoms with Gasteiger partial charge >= 0.3 is 24.4 Å². The highest BCUT2D eigenvalue weighted by Gasteiger charge is 2.34. The molecule has 4 rings (SSSR count). The van der Waals surface area contributed by atoms with Crippen molar-refractivity contribution in [2.75, 3.05) is 7.05 Å². The molecule has 0 aliphatic carbocycles. The third-order valence-corrected chi connectivity index (χ3v) is 5.10. The van der Waals surface area contributed by atoms with Crippen molar-refractivity contribution in [1.82, 2.24) is 8.97 Å². The zero-order chi connectivity index (χ0) is 21.6. The van der Waals surface area contributed by atoms with E-state index < -0.39 is 23.2 Å². The van der Waals surface area contributed by atoms with Crippen LogP contribution >= 0.6 is 0 Å². The number of imidazole rings is 1. The second-order valence-electron chi connectivity index (χ2n) is 7.13. The highest BCUT2D eigenvalue weighted by Crippen LogP contribution is 2.33. The summed E-state index contributed by atoms with van der Waals surface area (Å²) < 4.78 is 58.0. The molecule has 10 heteroatoms. The Morgan fingerprint density at radius 3 is 2.67 bits per heavy atom. The van der Waals surface area contributed by atoms with Gasteiger partial charge in [-0.1, -0.05) is 13.0 Å². The highest BCUT2D eigenvalue weighted by atomic mass is 19.4. The maximum absolute atomic E-state index is 14.6. The molecule has 0 bridgehead atoms. The van der Waals surface area contributed by atoms with Crippen molar-refractivity contribution in [3.05, 3.63) is 76.3 Å². The van der Waals surface area contributed by atoms with Gasteiger partial charge in [0.2, 0.25) is 0 Å². The molecular formula is C20H17F4N5O+. The zero-order valence-electron chi connectivity index (χ0n) is 16.1. The zero-order valence-corrected chi connectivity index (χ0v) is 16.1. The van der Waals surface area contributed by atoms with E-state index in [2.05, 4.69) is 10.2 Å². The van der Waals surface area contributed by atoms with Crippen LogP contribution < -0.4 is 5.69 Å². The minimum atomic E-state index is -4.64. The van der Waals surface area contributed by atoms with E-state index in [9.17, 15) is 22.4 Å². The lowest BCUT2D eigenvalue weighted by Crippen LogP contribution is -2.20. The number of aromatic nitrogens is 2. The van der Waals surface area contributed by atoms with Crippen LogP contribution in [0.2, 0.25) is 0 Å². The second kappa shape index (κ2) is 7.19. The predicted octanol–water partition coefficient (Wildman–Crippen LogP) is 4.37. The first kappa shape index (κ1) is 20.0. The SMILES string of the molecule is CC(C[C]1N=NC=[N+]1C)c1ccc(F)c(-n2cc3c(C(F)(F)F)cccn3c2=O)c1. The molecule has 0 fully saturated rings. The number of pyridine rings is 1. The number of azo groups is 1. The van der Waals surface area contributed by atoms with Gasteiger partial charge < -0.3 is 0 Å². The minimum Gasteiger partial charge on any atom is -0.267 e. The van der Waals surface area contributed by atoms with Gasteiger partial charge in [-0.05, 0) is 40.9 Å². The third-order valence-electron chi connectivity index (χ3n) is 5.10. The first-order chi connectivity index (χ1) is 14.2. The maximum Gasteiger partial charge on any atom is 0.418 e. The molecule has 1 aromatic carbocycles. The van der Waals surface area contributed by atoms with Crippen molar-refractivity contribution in [1.29, 1.82) is 0 Å². The summed E-state index contributed by atoms with van der Waals surface area (Å²) in [7, 11) is 1.81. The third kappa shape index (κ3) is 3.42. The molecule has 1 unspecified atom stereocenters. The molecule has 3 heterocycles. The molecule has 0 spiro atoms. The molecule has 2 aromatic heterocycles. The van der Waals surface area contributed by atoms with E-state index in [0.29, 0.717) is 12.0 Å². The van der Waals surface area contributed by atoms with Gasteiger partial charge in [0.05, 0.1) is 28.9 Å². The van der Waals surface area contributed by atoms with Crippen LogP contribution in [-0.4, -0.2) is 26.9 Å². The van der Waals surface area contributed by atoms with Gasteiger partial charge in [-0.2, -0.15) is 13.2 Å². The number of benzene rings is 1. The standard InChI is InChI=1S/C20H17F4N5O/c1-12(8-18-26-25-11-27(18)2)13-5-6-15(21)16(9-13)29-10-17-14(20(22,23)24)4-3-7-28(17)19(29)30/h3-7,9-12H,8H2,1-2H3/q+1. The Hall–Kier alpha value is -3.30. The summed E-state index contributed by atoms with van der Waals surface area (Å²) in [6, 6.07) is 6.29. The van der Waals surface area contributed by atoms with Gasteiger partial charge in [0, 0.05) is 18.8 Å². The van der Waals surface area contributed by atoms with E-state index in [0.717, 1.165) is 33.5 Å². The van der Waals surface area contributed by atoms with E-state index in [1.54, 1.807) is 17.0 Å². The van der Waals surface area contributed by atoms with Crippen LogP contribution in [0.5, 0.6) is 0 Å². The lowest BCUT2D eigenvalue weighted by atomic mass is 9.95. The van der Waals surface area contributed by atoms with Gasteiger partial charge in [-0.25, -0.2) is 13.8 Å². The van der Waals surface area contributed by atoms with Crippen molar-refractivity contribution in [3.8, 4) is 5.69 Å². The maximum atomic E-state index is 14.6. The Bertz CT molecular complexity index is 1240. The predicted molar refractivity (Wildman–Crippen MR) is 101 cm³/mol. The number of rotatable bonds is 4. The van der Waals surface area contributed by atoms with Gasteiger partial charge in [0.1, 0.15) is 5.82 Å². The lowest BCUT2D eigenvalue weighted by Gasteiger charge is -2.14. The number of nitrogens with zero attached hydrogens (tertiary/aromatic N) is 5. The van der Waals surface area contributed by atoms with Crippen molar-refractivity contribution in [2.24, 2.45) is 10.2 Å². The van der Waals surface area contributed by atoms with E-state index >= 15 is 0 Å². The fraction of sp³-hybridized carbons (Fsp3) is 0.250. The Balaban J connectivity index is 1.78. The molecule has 0 N–H and O–H groups in total. The molecule has 1 aliphatic rings. The summed E-state index contributed by atoms with van der Waals surface area (Å²) in [5.41, 5.74) is -1.49. The summed E-state index contributed by atoms with van der Waals surface area (Å²) in [4.78, 5) is 12.7. The smallest absolute Gasteiger partial charge is 0.267 e. The molecule has 6 nitrogen and oxygen atoms in total. The van der Waals surface area contributed by atoms with Crippen molar-refractivity contribution in [2.45, 2.75) is 25.4 Å². The van der Waals surface area contributed by atoms with Gasteiger partial charge in [0.15, 0.2) is 0 Å². The van der Waals surface area contributed by atoms with E-state index in [-0.39, 0.29) is 17.1 Å². The number of hydrogen-bond donors (Lipinski definition) is 0. The fourth-order valence-electron chi connectivity index (χ4n) is 3.43. The largest absolute Gasteiger partial charge is 0.418 e. The molecule has 0 saturated carbocycles. The van der Waals surface area contributed by atoms with Gasteiger partial charge in [-0.3, -0.25) is 8.97 Å². The van der Waals surface area contributed by atoms with Crippen molar-refractivity contribution in [3.63, 3.8) is 0 Å². The molecular weight excluding hydrogens is 402 g/mol. The van der Waals surface area contributed by atoms with E-state index in [1.165, 1.54) is 18.3 Å². The molecule has 1 aliphatic heterocycles. The van der Waals surface area contributed by atoms with Crippen molar-refractivity contribution < 1.29 is 22.1 Å². The number of hydrogen-bond acceptors (Lipinski definition) is 3. The number of fused-ring (bicyclic) bond motifs is 1. The van der Waals surface area contributed by atoms with Crippen LogP contribution in [0.4, 0.5) is 17.6 Å². The van der Waals surface area contributed by atoms with Gasteiger partial charge in [0.25, 0.3) is 0 Å². The quantitative estimate of drug-likeness (QED) is 0.458. The molecule has 3 aromatic rings. The number of halogens is 4. The van der Waals surface area contributed by atoms with Crippen LogP contribution in [0.15, 0.2) is 57.7 Å². The molecule has 30 heavy (non-hydrogen) atoms. The summed E-state index contributed by atoms with van der Waals surface area (Å²) in [6.07, 6.45) is 0.420. The Morgan fingerprint density at radius 1 is 1.23 bits per heavy atom. The molecule has 1 radical (unpaired) electrons. The highest BCUT2D eigenvalue weighted by molar-refractivity contribution is 5.57. The summed E-state index contributed by atoms with van der Waals surface area (Å²) in [5.74, 6) is -0.804. The average molecular weight is 419 g/mol.